The maximum absolute atomic E-state index is 12.7. The van der Waals surface area contributed by atoms with Gasteiger partial charge in [-0.2, -0.15) is 0 Å². The molecule has 0 unspecified atom stereocenters. The summed E-state index contributed by atoms with van der Waals surface area (Å²) in [5, 5.41) is 0. The van der Waals surface area contributed by atoms with E-state index in [1.54, 1.807) is 6.92 Å². The molecule has 1 nitrogen and oxygen atoms in total. The minimum absolute atomic E-state index is 0.0599. The zero-order chi connectivity index (χ0) is 10.7. The van der Waals surface area contributed by atoms with Gasteiger partial charge in [-0.1, -0.05) is 27.7 Å². The topological polar surface area (TPSA) is 3.24 Å². The van der Waals surface area contributed by atoms with E-state index in [9.17, 15) is 8.78 Å². The van der Waals surface area contributed by atoms with E-state index in [0.717, 1.165) is 6.54 Å². The van der Waals surface area contributed by atoms with E-state index in [1.165, 1.54) is 0 Å². The van der Waals surface area contributed by atoms with Crippen LogP contribution in [0.25, 0.3) is 0 Å². The van der Waals surface area contributed by atoms with E-state index in [2.05, 4.69) is 0 Å². The third-order valence-corrected chi connectivity index (χ3v) is 2.53. The second kappa shape index (κ2) is 4.36. The predicted octanol–water partition coefficient (Wildman–Crippen LogP) is 3.01. The molecule has 0 aromatic heterocycles. The maximum Gasteiger partial charge on any atom is 0.255 e. The molecule has 1 saturated carbocycles. The van der Waals surface area contributed by atoms with Gasteiger partial charge in [-0.25, -0.2) is 8.78 Å². The predicted molar refractivity (Wildman–Crippen MR) is 52.2 cm³/mol. The van der Waals surface area contributed by atoms with Crippen LogP contribution >= 0.6 is 0 Å². The van der Waals surface area contributed by atoms with Crippen LogP contribution in [0.2, 0.25) is 0 Å². The van der Waals surface area contributed by atoms with Crippen LogP contribution < -0.4 is 0 Å². The molecule has 1 aliphatic rings. The van der Waals surface area contributed by atoms with Crippen molar-refractivity contribution in [2.24, 2.45) is 5.41 Å². The molecule has 0 aromatic rings. The highest BCUT2D eigenvalue weighted by molar-refractivity contribution is 5.08. The number of alkyl halides is 2. The Hall–Kier alpha value is -0.180. The monoisotopic (exact) mass is 193 g/mol. The average Bonchev–Trinajstić information content (AvgIpc) is 2.54. The highest BCUT2D eigenvalue weighted by atomic mass is 19.3. The van der Waals surface area contributed by atoms with Gasteiger partial charge in [-0.15, -0.1) is 0 Å². The summed E-state index contributed by atoms with van der Waals surface area (Å²) in [5.74, 6) is -2.41. The Morgan fingerprint density at radius 1 is 1.31 bits per heavy atom. The van der Waals surface area contributed by atoms with Crippen LogP contribution in [0.4, 0.5) is 8.78 Å². The van der Waals surface area contributed by atoms with Gasteiger partial charge in [0.1, 0.15) is 0 Å². The molecule has 0 aliphatic heterocycles. The van der Waals surface area contributed by atoms with E-state index < -0.39 is 11.3 Å². The molecule has 1 rings (SSSR count). The highest BCUT2D eigenvalue weighted by Crippen LogP contribution is 2.60. The van der Waals surface area contributed by atoms with Crippen molar-refractivity contribution >= 4 is 0 Å². The van der Waals surface area contributed by atoms with E-state index in [-0.39, 0.29) is 6.42 Å². The molecule has 0 bridgehead atoms. The zero-order valence-corrected chi connectivity index (χ0v) is 9.32. The second-order valence-electron chi connectivity index (χ2n) is 3.77. The summed E-state index contributed by atoms with van der Waals surface area (Å²) in [6.07, 6.45) is 0.0599. The second-order valence-corrected chi connectivity index (χ2v) is 3.77. The van der Waals surface area contributed by atoms with Crippen LogP contribution in [-0.2, 0) is 0 Å². The summed E-state index contributed by atoms with van der Waals surface area (Å²) in [6.45, 7) is 8.98. The summed E-state index contributed by atoms with van der Waals surface area (Å²) < 4.78 is 25.3. The van der Waals surface area contributed by atoms with Gasteiger partial charge < -0.3 is 4.90 Å². The number of halogens is 2. The van der Waals surface area contributed by atoms with Crippen LogP contribution in [0, 0.1) is 5.41 Å². The summed E-state index contributed by atoms with van der Waals surface area (Å²) in [7, 11) is 1.87. The molecule has 80 valence electrons. The van der Waals surface area contributed by atoms with Crippen molar-refractivity contribution in [1.29, 1.82) is 0 Å². The third-order valence-electron chi connectivity index (χ3n) is 2.53. The van der Waals surface area contributed by atoms with E-state index >= 15 is 0 Å². The molecule has 3 heteroatoms. The number of nitrogens with zero attached hydrogens (tertiary/aromatic N) is 1. The number of hydrogen-bond donors (Lipinski definition) is 0. The maximum atomic E-state index is 12.7. The first kappa shape index (κ1) is 12.8. The fourth-order valence-corrected chi connectivity index (χ4v) is 1.32. The van der Waals surface area contributed by atoms with Crippen LogP contribution in [0.1, 0.15) is 34.1 Å². The minimum atomic E-state index is -2.41. The summed E-state index contributed by atoms with van der Waals surface area (Å²) in [6, 6.07) is 0. The molecule has 0 spiro atoms. The lowest BCUT2D eigenvalue weighted by atomic mass is 10.1. The Morgan fingerprint density at radius 2 is 1.69 bits per heavy atom. The number of rotatable bonds is 3. The quantitative estimate of drug-likeness (QED) is 0.666. The van der Waals surface area contributed by atoms with Crippen LogP contribution in [0.3, 0.4) is 0 Å². The third kappa shape index (κ3) is 2.90. The van der Waals surface area contributed by atoms with Crippen molar-refractivity contribution in [3.05, 3.63) is 0 Å². The lowest BCUT2D eigenvalue weighted by Gasteiger charge is -2.18. The van der Waals surface area contributed by atoms with Gasteiger partial charge in [0, 0.05) is 18.4 Å². The molecule has 1 aliphatic carbocycles. The zero-order valence-electron chi connectivity index (χ0n) is 9.32. The Balaban J connectivity index is 0.000000671. The average molecular weight is 193 g/mol. The standard InChI is InChI=1S/C8H15F2N.C2H6/c1-4-11(3)6-7(2)5-8(7,9)10;1-2/h4-6H2,1-3H3;1-2H3/t7-;/m1./s1. The SMILES string of the molecule is CC.CCN(C)C[C@@]1(C)CC1(F)F. The van der Waals surface area contributed by atoms with Crippen molar-refractivity contribution in [1.82, 2.24) is 4.90 Å². The van der Waals surface area contributed by atoms with Gasteiger partial charge in [0.15, 0.2) is 0 Å². The van der Waals surface area contributed by atoms with Crippen molar-refractivity contribution in [3.63, 3.8) is 0 Å². The van der Waals surface area contributed by atoms with E-state index in [4.69, 9.17) is 0 Å². The lowest BCUT2D eigenvalue weighted by molar-refractivity contribution is 0.0576. The van der Waals surface area contributed by atoms with E-state index in [0.29, 0.717) is 6.54 Å². The van der Waals surface area contributed by atoms with Crippen molar-refractivity contribution in [2.75, 3.05) is 20.1 Å². The van der Waals surface area contributed by atoms with E-state index in [1.807, 2.05) is 32.7 Å². The van der Waals surface area contributed by atoms with Crippen LogP contribution in [0.5, 0.6) is 0 Å². The lowest BCUT2D eigenvalue weighted by Crippen LogP contribution is -2.28. The first-order valence-corrected chi connectivity index (χ1v) is 4.98. The Labute approximate surface area is 80.1 Å². The normalized spacial score (nSPS) is 29.5. The molecule has 0 N–H and O–H groups in total. The van der Waals surface area contributed by atoms with Crippen molar-refractivity contribution in [2.45, 2.75) is 40.0 Å². The van der Waals surface area contributed by atoms with Crippen LogP contribution in [-0.4, -0.2) is 31.0 Å². The van der Waals surface area contributed by atoms with Gasteiger partial charge >= 0.3 is 0 Å². The molecular weight excluding hydrogens is 172 g/mol. The molecule has 13 heavy (non-hydrogen) atoms. The molecular formula is C10H21F2N. The smallest absolute Gasteiger partial charge is 0.255 e. The van der Waals surface area contributed by atoms with Gasteiger partial charge in [-0.3, -0.25) is 0 Å². The van der Waals surface area contributed by atoms with Gasteiger partial charge in [-0.05, 0) is 13.6 Å². The first-order valence-electron chi connectivity index (χ1n) is 4.98. The Kier molecular flexibility index (Phi) is 4.30. The molecule has 0 heterocycles. The fraction of sp³-hybridized carbons (Fsp3) is 1.00. The summed E-state index contributed by atoms with van der Waals surface area (Å²) in [4.78, 5) is 1.93. The Morgan fingerprint density at radius 3 is 1.92 bits per heavy atom. The van der Waals surface area contributed by atoms with Crippen molar-refractivity contribution < 1.29 is 8.78 Å². The Bertz CT molecular complexity index is 159. The molecule has 0 amide bonds. The molecule has 0 aromatic carbocycles. The molecule has 0 radical (unpaired) electrons. The largest absolute Gasteiger partial charge is 0.306 e. The summed E-state index contributed by atoms with van der Waals surface area (Å²) in [5.41, 5.74) is -0.738. The molecule has 1 fully saturated rings. The summed E-state index contributed by atoms with van der Waals surface area (Å²) >= 11 is 0. The van der Waals surface area contributed by atoms with Gasteiger partial charge in [0.25, 0.3) is 5.92 Å². The van der Waals surface area contributed by atoms with Crippen molar-refractivity contribution in [3.8, 4) is 0 Å². The highest BCUT2D eigenvalue weighted by Gasteiger charge is 2.67. The van der Waals surface area contributed by atoms with Crippen LogP contribution in [0.15, 0.2) is 0 Å². The molecule has 1 atom stereocenters. The van der Waals surface area contributed by atoms with Gasteiger partial charge in [0.2, 0.25) is 0 Å². The van der Waals surface area contributed by atoms with Gasteiger partial charge in [0.05, 0.1) is 0 Å². The number of hydrogen-bond acceptors (Lipinski definition) is 1. The molecule has 0 saturated heterocycles. The fourth-order valence-electron chi connectivity index (χ4n) is 1.32. The first-order chi connectivity index (χ1) is 5.91. The minimum Gasteiger partial charge on any atom is -0.306 e.